The number of hydrogen-bond acceptors (Lipinski definition) is 3. The Kier molecular flexibility index (Phi) is 3.77. The van der Waals surface area contributed by atoms with Crippen molar-refractivity contribution in [1.82, 2.24) is 10.4 Å². The quantitative estimate of drug-likeness (QED) is 0.438. The molecule has 0 saturated carbocycles. The number of carbonyl (C=O) groups is 1. The van der Waals surface area contributed by atoms with Crippen LogP contribution in [-0.4, -0.2) is 10.9 Å². The molecule has 0 radical (unpaired) electrons. The van der Waals surface area contributed by atoms with Crippen molar-refractivity contribution in [2.45, 2.75) is 13.3 Å². The van der Waals surface area contributed by atoms with E-state index in [2.05, 4.69) is 11.9 Å². The molecule has 4 N–H and O–H groups in total. The maximum atomic E-state index is 11.8. The van der Waals surface area contributed by atoms with Gasteiger partial charge in [-0.25, -0.2) is 5.84 Å². The summed E-state index contributed by atoms with van der Waals surface area (Å²) in [6.45, 7) is 2.08. The van der Waals surface area contributed by atoms with Crippen molar-refractivity contribution in [2.24, 2.45) is 5.84 Å². The molecular formula is C14H15N3O2. The van der Waals surface area contributed by atoms with E-state index < -0.39 is 11.5 Å². The molecule has 0 fully saturated rings. The lowest BCUT2D eigenvalue weighted by Gasteiger charge is -2.04. The van der Waals surface area contributed by atoms with Crippen molar-refractivity contribution in [2.75, 3.05) is 0 Å². The van der Waals surface area contributed by atoms with E-state index in [0.29, 0.717) is 5.69 Å². The first kappa shape index (κ1) is 13.0. The van der Waals surface area contributed by atoms with Gasteiger partial charge in [0.25, 0.3) is 11.5 Å². The standard InChI is InChI=1S/C14H15N3O2/c1-2-9-3-5-10(6-4-9)12-8-7-11(13(18)16-12)14(19)17-15/h3-8H,2,15H2,1H3,(H,16,18)(H,17,19). The van der Waals surface area contributed by atoms with Crippen LogP contribution in [-0.2, 0) is 6.42 Å². The first-order valence-electron chi connectivity index (χ1n) is 5.99. The molecule has 0 unspecified atom stereocenters. The summed E-state index contributed by atoms with van der Waals surface area (Å²) in [5, 5.41) is 0. The summed E-state index contributed by atoms with van der Waals surface area (Å²) < 4.78 is 0. The highest BCUT2D eigenvalue weighted by molar-refractivity contribution is 5.93. The number of aromatic nitrogens is 1. The van der Waals surface area contributed by atoms with E-state index in [1.54, 1.807) is 6.07 Å². The molecule has 19 heavy (non-hydrogen) atoms. The second-order valence-corrected chi connectivity index (χ2v) is 4.14. The van der Waals surface area contributed by atoms with Crippen molar-refractivity contribution >= 4 is 5.91 Å². The van der Waals surface area contributed by atoms with Gasteiger partial charge in [0.1, 0.15) is 5.56 Å². The Hall–Kier alpha value is -2.40. The number of hydrogen-bond donors (Lipinski definition) is 3. The SMILES string of the molecule is CCc1ccc(-c2ccc(C(=O)NN)c(=O)[nH]2)cc1. The van der Waals surface area contributed by atoms with Crippen LogP contribution in [0.5, 0.6) is 0 Å². The Morgan fingerprint density at radius 3 is 2.42 bits per heavy atom. The van der Waals surface area contributed by atoms with Gasteiger partial charge in [0.2, 0.25) is 0 Å². The Labute approximate surface area is 110 Å². The summed E-state index contributed by atoms with van der Waals surface area (Å²) in [5.74, 6) is 4.40. The van der Waals surface area contributed by atoms with Gasteiger partial charge in [-0.05, 0) is 29.7 Å². The molecule has 2 aromatic rings. The van der Waals surface area contributed by atoms with Crippen molar-refractivity contribution < 1.29 is 4.79 Å². The van der Waals surface area contributed by atoms with Crippen LogP contribution in [0, 0.1) is 0 Å². The first-order valence-corrected chi connectivity index (χ1v) is 5.99. The molecule has 0 aliphatic heterocycles. The number of nitrogens with two attached hydrogens (primary N) is 1. The molecule has 0 atom stereocenters. The third kappa shape index (κ3) is 2.71. The number of nitrogens with one attached hydrogen (secondary N) is 2. The molecule has 1 aromatic heterocycles. The Morgan fingerprint density at radius 1 is 1.21 bits per heavy atom. The lowest BCUT2D eigenvalue weighted by Crippen LogP contribution is -2.34. The van der Waals surface area contributed by atoms with Crippen LogP contribution in [0.15, 0.2) is 41.2 Å². The summed E-state index contributed by atoms with van der Waals surface area (Å²) >= 11 is 0. The van der Waals surface area contributed by atoms with Gasteiger partial charge in [0.05, 0.1) is 0 Å². The maximum Gasteiger partial charge on any atom is 0.270 e. The Balaban J connectivity index is 2.38. The molecule has 2 rings (SSSR count). The lowest BCUT2D eigenvalue weighted by atomic mass is 10.1. The predicted molar refractivity (Wildman–Crippen MR) is 73.5 cm³/mol. The molecule has 1 amide bonds. The van der Waals surface area contributed by atoms with Gasteiger partial charge in [-0.2, -0.15) is 0 Å². The number of aryl methyl sites for hydroxylation is 1. The van der Waals surface area contributed by atoms with Crippen LogP contribution in [0.4, 0.5) is 0 Å². The number of aromatic amines is 1. The monoisotopic (exact) mass is 257 g/mol. The largest absolute Gasteiger partial charge is 0.321 e. The fourth-order valence-electron chi connectivity index (χ4n) is 1.82. The van der Waals surface area contributed by atoms with Crippen LogP contribution >= 0.6 is 0 Å². The van der Waals surface area contributed by atoms with Crippen molar-refractivity contribution in [3.05, 3.63) is 57.9 Å². The van der Waals surface area contributed by atoms with Crippen molar-refractivity contribution in [1.29, 1.82) is 0 Å². The fourth-order valence-corrected chi connectivity index (χ4v) is 1.82. The highest BCUT2D eigenvalue weighted by Gasteiger charge is 2.09. The van der Waals surface area contributed by atoms with Crippen LogP contribution in [0.1, 0.15) is 22.8 Å². The molecule has 0 bridgehead atoms. The Bertz CT molecular complexity index is 644. The minimum Gasteiger partial charge on any atom is -0.321 e. The minimum atomic E-state index is -0.603. The number of benzene rings is 1. The topological polar surface area (TPSA) is 88.0 Å². The summed E-state index contributed by atoms with van der Waals surface area (Å²) in [7, 11) is 0. The molecule has 0 aliphatic carbocycles. The van der Waals surface area contributed by atoms with Crippen LogP contribution in [0.3, 0.4) is 0 Å². The second kappa shape index (κ2) is 5.49. The molecule has 0 aliphatic rings. The smallest absolute Gasteiger partial charge is 0.270 e. The van der Waals surface area contributed by atoms with Gasteiger partial charge in [0.15, 0.2) is 0 Å². The van der Waals surface area contributed by atoms with Gasteiger partial charge >= 0.3 is 0 Å². The first-order chi connectivity index (χ1) is 9.15. The number of rotatable bonds is 3. The van der Waals surface area contributed by atoms with Crippen LogP contribution in [0.2, 0.25) is 0 Å². The zero-order valence-electron chi connectivity index (χ0n) is 10.6. The van der Waals surface area contributed by atoms with E-state index in [1.165, 1.54) is 11.6 Å². The number of nitrogen functional groups attached to an aromatic ring is 1. The summed E-state index contributed by atoms with van der Waals surface area (Å²) in [4.78, 5) is 25.7. The van der Waals surface area contributed by atoms with E-state index in [-0.39, 0.29) is 5.56 Å². The minimum absolute atomic E-state index is 0.00331. The molecule has 5 nitrogen and oxygen atoms in total. The van der Waals surface area contributed by atoms with Gasteiger partial charge in [0, 0.05) is 5.69 Å². The molecular weight excluding hydrogens is 242 g/mol. The lowest BCUT2D eigenvalue weighted by molar-refractivity contribution is 0.0952. The highest BCUT2D eigenvalue weighted by atomic mass is 16.2. The maximum absolute atomic E-state index is 11.8. The summed E-state index contributed by atoms with van der Waals surface area (Å²) in [6.07, 6.45) is 0.965. The average Bonchev–Trinajstić information content (AvgIpc) is 2.46. The predicted octanol–water partition coefficient (Wildman–Crippen LogP) is 1.21. The zero-order valence-corrected chi connectivity index (χ0v) is 10.6. The third-order valence-electron chi connectivity index (χ3n) is 2.96. The van der Waals surface area contributed by atoms with Gasteiger partial charge < -0.3 is 4.98 Å². The van der Waals surface area contributed by atoms with Crippen LogP contribution < -0.4 is 16.8 Å². The number of amides is 1. The highest BCUT2D eigenvalue weighted by Crippen LogP contribution is 2.16. The molecule has 0 spiro atoms. The number of hydrazine groups is 1. The van der Waals surface area contributed by atoms with E-state index in [1.807, 2.05) is 29.7 Å². The number of H-pyrrole nitrogens is 1. The van der Waals surface area contributed by atoms with Crippen molar-refractivity contribution in [3.63, 3.8) is 0 Å². The number of carbonyl (C=O) groups excluding carboxylic acids is 1. The van der Waals surface area contributed by atoms with Gasteiger partial charge in [-0.3, -0.25) is 15.0 Å². The normalized spacial score (nSPS) is 10.2. The fraction of sp³-hybridized carbons (Fsp3) is 0.143. The van der Waals surface area contributed by atoms with E-state index in [9.17, 15) is 9.59 Å². The molecule has 0 saturated heterocycles. The van der Waals surface area contributed by atoms with Crippen LogP contribution in [0.25, 0.3) is 11.3 Å². The Morgan fingerprint density at radius 2 is 1.89 bits per heavy atom. The summed E-state index contributed by atoms with van der Waals surface area (Å²) in [6, 6.07) is 11.0. The second-order valence-electron chi connectivity index (χ2n) is 4.14. The van der Waals surface area contributed by atoms with Gasteiger partial charge in [-0.1, -0.05) is 31.2 Å². The van der Waals surface area contributed by atoms with E-state index in [0.717, 1.165) is 12.0 Å². The molecule has 5 heteroatoms. The third-order valence-corrected chi connectivity index (χ3v) is 2.96. The summed E-state index contributed by atoms with van der Waals surface area (Å²) in [5.41, 5.74) is 4.27. The number of pyridine rings is 1. The molecule has 98 valence electrons. The molecule has 1 heterocycles. The zero-order chi connectivity index (χ0) is 13.8. The van der Waals surface area contributed by atoms with Gasteiger partial charge in [-0.15, -0.1) is 0 Å². The average molecular weight is 257 g/mol. The van der Waals surface area contributed by atoms with E-state index >= 15 is 0 Å². The van der Waals surface area contributed by atoms with E-state index in [4.69, 9.17) is 5.84 Å². The molecule has 1 aromatic carbocycles. The van der Waals surface area contributed by atoms with Crippen molar-refractivity contribution in [3.8, 4) is 11.3 Å².